The Balaban J connectivity index is 2.36. The zero-order chi connectivity index (χ0) is 9.19. The van der Waals surface area contributed by atoms with Gasteiger partial charge in [0.25, 0.3) is 0 Å². The highest BCUT2D eigenvalue weighted by Gasteiger charge is 2.24. The van der Waals surface area contributed by atoms with Crippen molar-refractivity contribution in [3.63, 3.8) is 0 Å². The average Bonchev–Trinajstić information content (AvgIpc) is 2.03. The second-order valence-corrected chi connectivity index (χ2v) is 5.56. The fraction of sp³-hybridized carbons (Fsp3) is 1.00. The monoisotopic (exact) mass is 195 g/mol. The summed E-state index contributed by atoms with van der Waals surface area (Å²) in [5, 5.41) is 9.42. The summed E-state index contributed by atoms with van der Waals surface area (Å²) >= 11 is 0. The first-order chi connectivity index (χ1) is 5.55. The topological polar surface area (TPSA) is 63.9 Å². The summed E-state index contributed by atoms with van der Waals surface area (Å²) < 4.78 is 18.6. The second-order valence-electron chi connectivity index (χ2n) is 3.14. The van der Waals surface area contributed by atoms with E-state index in [0.717, 1.165) is 0 Å². The van der Waals surface area contributed by atoms with Gasteiger partial charge >= 0.3 is 0 Å². The standard InChI is InChI=1S/C7H17NO3S/c1-2-7(9)8-3-5-12(10,11)6-4-8/h7,9-11H,2-6H2,1H3. The predicted molar refractivity (Wildman–Crippen MR) is 50.5 cm³/mol. The molecule has 12 heavy (non-hydrogen) atoms. The molecule has 5 heteroatoms. The van der Waals surface area contributed by atoms with Crippen LogP contribution in [0, 0.1) is 0 Å². The Labute approximate surface area is 74.5 Å². The molecule has 0 aromatic carbocycles. The van der Waals surface area contributed by atoms with Crippen LogP contribution in [0.5, 0.6) is 0 Å². The van der Waals surface area contributed by atoms with Crippen LogP contribution in [0.3, 0.4) is 0 Å². The molecule has 0 radical (unpaired) electrons. The van der Waals surface area contributed by atoms with E-state index >= 15 is 0 Å². The zero-order valence-corrected chi connectivity index (χ0v) is 8.13. The van der Waals surface area contributed by atoms with E-state index in [4.69, 9.17) is 0 Å². The first-order valence-corrected chi connectivity index (χ1v) is 6.09. The molecule has 0 aromatic rings. The number of hydrogen-bond acceptors (Lipinski definition) is 4. The van der Waals surface area contributed by atoms with Crippen molar-refractivity contribution in [1.29, 1.82) is 0 Å². The van der Waals surface area contributed by atoms with E-state index in [-0.39, 0.29) is 0 Å². The summed E-state index contributed by atoms with van der Waals surface area (Å²) in [6, 6.07) is 0. The van der Waals surface area contributed by atoms with Gasteiger partial charge in [-0.05, 0) is 6.42 Å². The van der Waals surface area contributed by atoms with Gasteiger partial charge < -0.3 is 5.11 Å². The van der Waals surface area contributed by atoms with Crippen molar-refractivity contribution < 1.29 is 14.2 Å². The molecule has 1 unspecified atom stereocenters. The maximum atomic E-state index is 9.42. The molecule has 1 atom stereocenters. The minimum absolute atomic E-state index is 0.407. The van der Waals surface area contributed by atoms with Crippen molar-refractivity contribution in [3.05, 3.63) is 0 Å². The summed E-state index contributed by atoms with van der Waals surface area (Å²) in [5.41, 5.74) is 0. The molecule has 3 N–H and O–H groups in total. The Morgan fingerprint density at radius 1 is 1.33 bits per heavy atom. The molecule has 74 valence electrons. The molecule has 1 rings (SSSR count). The molecular weight excluding hydrogens is 178 g/mol. The highest BCUT2D eigenvalue weighted by molar-refractivity contribution is 8.24. The average molecular weight is 195 g/mol. The van der Waals surface area contributed by atoms with Gasteiger partial charge in [-0.1, -0.05) is 6.92 Å². The van der Waals surface area contributed by atoms with Gasteiger partial charge in [0.05, 0.1) is 11.5 Å². The van der Waals surface area contributed by atoms with Crippen molar-refractivity contribution in [2.45, 2.75) is 19.6 Å². The minimum Gasteiger partial charge on any atom is -0.378 e. The van der Waals surface area contributed by atoms with E-state index in [1.54, 1.807) is 0 Å². The molecule has 0 saturated carbocycles. The lowest BCUT2D eigenvalue weighted by Crippen LogP contribution is -2.44. The smallest absolute Gasteiger partial charge is 0.107 e. The SMILES string of the molecule is CCC(O)N1CCS(O)(O)CC1. The van der Waals surface area contributed by atoms with Crippen molar-refractivity contribution in [2.75, 3.05) is 24.6 Å². The first-order valence-electron chi connectivity index (χ1n) is 4.21. The molecule has 1 heterocycles. The molecule has 0 aliphatic carbocycles. The Morgan fingerprint density at radius 2 is 1.83 bits per heavy atom. The fourth-order valence-electron chi connectivity index (χ4n) is 1.30. The lowest BCUT2D eigenvalue weighted by Gasteiger charge is -2.42. The van der Waals surface area contributed by atoms with Gasteiger partial charge in [0.1, 0.15) is 6.23 Å². The second kappa shape index (κ2) is 3.93. The van der Waals surface area contributed by atoms with Gasteiger partial charge in [-0.2, -0.15) is 10.6 Å². The highest BCUT2D eigenvalue weighted by Crippen LogP contribution is 2.40. The van der Waals surface area contributed by atoms with Crippen LogP contribution in [0.15, 0.2) is 0 Å². The molecular formula is C7H17NO3S. The molecule has 0 aromatic heterocycles. The van der Waals surface area contributed by atoms with Crippen LogP contribution in [-0.2, 0) is 0 Å². The van der Waals surface area contributed by atoms with Crippen LogP contribution in [0.2, 0.25) is 0 Å². The predicted octanol–water partition coefficient (Wildman–Crippen LogP) is 0.781. The van der Waals surface area contributed by atoms with Crippen molar-refractivity contribution in [3.8, 4) is 0 Å². The maximum absolute atomic E-state index is 9.42. The van der Waals surface area contributed by atoms with Gasteiger partial charge in [-0.3, -0.25) is 14.0 Å². The summed E-state index contributed by atoms with van der Waals surface area (Å²) in [5.74, 6) is 0.814. The Bertz CT molecular complexity index is 144. The summed E-state index contributed by atoms with van der Waals surface area (Å²) in [4.78, 5) is 1.89. The third kappa shape index (κ3) is 2.60. The molecule has 4 nitrogen and oxygen atoms in total. The number of aliphatic hydroxyl groups is 1. The number of hydrogen-bond donors (Lipinski definition) is 3. The van der Waals surface area contributed by atoms with Crippen LogP contribution < -0.4 is 0 Å². The van der Waals surface area contributed by atoms with Gasteiger partial charge in [0.15, 0.2) is 0 Å². The lowest BCUT2D eigenvalue weighted by molar-refractivity contribution is 0.00629. The molecule has 0 bridgehead atoms. The highest BCUT2D eigenvalue weighted by atomic mass is 32.3. The lowest BCUT2D eigenvalue weighted by atomic mass is 10.3. The van der Waals surface area contributed by atoms with Crippen molar-refractivity contribution in [1.82, 2.24) is 4.90 Å². The van der Waals surface area contributed by atoms with E-state index < -0.39 is 16.8 Å². The number of rotatable bonds is 2. The van der Waals surface area contributed by atoms with Gasteiger partial charge in [-0.15, -0.1) is 0 Å². The van der Waals surface area contributed by atoms with E-state index in [0.29, 0.717) is 31.0 Å². The van der Waals surface area contributed by atoms with Crippen LogP contribution in [-0.4, -0.2) is 49.9 Å². The largest absolute Gasteiger partial charge is 0.378 e. The molecule has 1 aliphatic rings. The quantitative estimate of drug-likeness (QED) is 0.609. The van der Waals surface area contributed by atoms with Gasteiger partial charge in [0, 0.05) is 13.1 Å². The van der Waals surface area contributed by atoms with Crippen molar-refractivity contribution in [2.24, 2.45) is 0 Å². The van der Waals surface area contributed by atoms with Gasteiger partial charge in [0.2, 0.25) is 0 Å². The number of aliphatic hydroxyl groups excluding tert-OH is 1. The van der Waals surface area contributed by atoms with E-state index in [9.17, 15) is 14.2 Å². The summed E-state index contributed by atoms with van der Waals surface area (Å²) in [7, 11) is -2.31. The third-order valence-corrected chi connectivity index (χ3v) is 3.87. The number of nitrogens with zero attached hydrogens (tertiary/aromatic N) is 1. The maximum Gasteiger partial charge on any atom is 0.107 e. The van der Waals surface area contributed by atoms with E-state index in [1.165, 1.54) is 0 Å². The molecule has 1 saturated heterocycles. The minimum atomic E-state index is -2.31. The Morgan fingerprint density at radius 3 is 2.25 bits per heavy atom. The van der Waals surface area contributed by atoms with Crippen LogP contribution in [0.4, 0.5) is 0 Å². The summed E-state index contributed by atoms with van der Waals surface area (Å²) in [6.45, 7) is 3.10. The summed E-state index contributed by atoms with van der Waals surface area (Å²) in [6.07, 6.45) is 0.277. The van der Waals surface area contributed by atoms with E-state index in [1.807, 2.05) is 11.8 Å². The Hall–Kier alpha value is 0.190. The molecule has 1 fully saturated rings. The molecule has 0 spiro atoms. The van der Waals surface area contributed by atoms with Crippen LogP contribution in [0.1, 0.15) is 13.3 Å². The first kappa shape index (κ1) is 10.3. The van der Waals surface area contributed by atoms with Crippen LogP contribution in [0.25, 0.3) is 0 Å². The molecule has 0 amide bonds. The third-order valence-electron chi connectivity index (χ3n) is 2.20. The molecule has 1 aliphatic heterocycles. The zero-order valence-electron chi connectivity index (χ0n) is 7.31. The normalized spacial score (nSPS) is 29.7. The van der Waals surface area contributed by atoms with Crippen LogP contribution >= 0.6 is 10.6 Å². The fourth-order valence-corrected chi connectivity index (χ4v) is 2.55. The van der Waals surface area contributed by atoms with Gasteiger partial charge in [-0.25, -0.2) is 0 Å². The van der Waals surface area contributed by atoms with E-state index in [2.05, 4.69) is 0 Å². The van der Waals surface area contributed by atoms with Crippen molar-refractivity contribution >= 4 is 10.6 Å². The Kier molecular flexibility index (Phi) is 3.37.